The monoisotopic (exact) mass is 254 g/mol. The Morgan fingerprint density at radius 2 is 1.68 bits per heavy atom. The first-order chi connectivity index (χ1) is 8.88. The van der Waals surface area contributed by atoms with Gasteiger partial charge in [0.1, 0.15) is 0 Å². The first-order valence-corrected chi connectivity index (χ1v) is 6.82. The molecule has 1 heterocycles. The van der Waals surface area contributed by atoms with Gasteiger partial charge < -0.3 is 0 Å². The number of benzene rings is 1. The molecule has 0 amide bonds. The van der Waals surface area contributed by atoms with E-state index in [4.69, 9.17) is 0 Å². The molecule has 0 aliphatic rings. The van der Waals surface area contributed by atoms with Crippen LogP contribution in [0.15, 0.2) is 36.4 Å². The zero-order valence-electron chi connectivity index (χ0n) is 12.4. The van der Waals surface area contributed by atoms with Gasteiger partial charge in [0.2, 0.25) is 0 Å². The maximum atomic E-state index is 4.37. The van der Waals surface area contributed by atoms with E-state index in [1.807, 2.05) is 0 Å². The Balaban J connectivity index is 2.35. The van der Waals surface area contributed by atoms with E-state index in [0.29, 0.717) is 5.92 Å². The van der Waals surface area contributed by atoms with Crippen molar-refractivity contribution >= 4 is 0 Å². The van der Waals surface area contributed by atoms with Crippen molar-refractivity contribution in [2.24, 2.45) is 0 Å². The van der Waals surface area contributed by atoms with E-state index in [9.17, 15) is 0 Å². The van der Waals surface area contributed by atoms with Gasteiger partial charge in [-0.25, -0.2) is 0 Å². The van der Waals surface area contributed by atoms with Gasteiger partial charge in [-0.05, 0) is 29.7 Å². The maximum Gasteiger partial charge on any atom is 0.0929 e. The van der Waals surface area contributed by atoms with Crippen LogP contribution < -0.4 is 0 Å². The van der Waals surface area contributed by atoms with E-state index in [2.05, 4.69) is 81.2 Å². The lowest BCUT2D eigenvalue weighted by Crippen LogP contribution is -2.14. The molecule has 19 heavy (non-hydrogen) atoms. The van der Waals surface area contributed by atoms with Crippen LogP contribution in [0.1, 0.15) is 51.8 Å². The van der Waals surface area contributed by atoms with Crippen molar-refractivity contribution in [3.63, 3.8) is 0 Å². The lowest BCUT2D eigenvalue weighted by atomic mass is 9.92. The highest BCUT2D eigenvalue weighted by Crippen LogP contribution is 2.24. The van der Waals surface area contributed by atoms with Crippen LogP contribution >= 0.6 is 0 Å². The van der Waals surface area contributed by atoms with Crippen molar-refractivity contribution in [1.29, 1.82) is 0 Å². The van der Waals surface area contributed by atoms with Crippen molar-refractivity contribution in [1.82, 2.24) is 10.2 Å². The molecule has 2 heteroatoms. The summed E-state index contributed by atoms with van der Waals surface area (Å²) < 4.78 is 0. The quantitative estimate of drug-likeness (QED) is 0.785. The Morgan fingerprint density at radius 1 is 0.947 bits per heavy atom. The van der Waals surface area contributed by atoms with Crippen LogP contribution in [0, 0.1) is 0 Å². The highest BCUT2D eigenvalue weighted by Gasteiger charge is 2.15. The summed E-state index contributed by atoms with van der Waals surface area (Å²) in [6.07, 6.45) is 0. The molecule has 0 fully saturated rings. The summed E-state index contributed by atoms with van der Waals surface area (Å²) in [5.74, 6) is 0.529. The molecule has 1 aromatic heterocycles. The summed E-state index contributed by atoms with van der Waals surface area (Å²) in [7, 11) is 0. The third kappa shape index (κ3) is 3.19. The van der Waals surface area contributed by atoms with Crippen molar-refractivity contribution in [2.45, 2.75) is 46.0 Å². The zero-order valence-corrected chi connectivity index (χ0v) is 12.4. The summed E-state index contributed by atoms with van der Waals surface area (Å²) in [4.78, 5) is 0. The SMILES string of the molecule is CC(C)c1cccc(-c2ccc(C(C)(C)C)nn2)c1. The van der Waals surface area contributed by atoms with Crippen LogP contribution in [0.2, 0.25) is 0 Å². The Morgan fingerprint density at radius 3 is 2.21 bits per heavy atom. The average Bonchev–Trinajstić information content (AvgIpc) is 2.38. The standard InChI is InChI=1S/C17H22N2/c1-12(2)13-7-6-8-14(11-13)15-9-10-16(19-18-15)17(3,4)5/h6-12H,1-5H3. The fourth-order valence-corrected chi connectivity index (χ4v) is 1.94. The number of aromatic nitrogens is 2. The summed E-state index contributed by atoms with van der Waals surface area (Å²) in [6.45, 7) is 10.9. The number of hydrogen-bond acceptors (Lipinski definition) is 2. The van der Waals surface area contributed by atoms with Gasteiger partial charge in [0, 0.05) is 11.0 Å². The summed E-state index contributed by atoms with van der Waals surface area (Å²) in [5.41, 5.74) is 4.48. The molecule has 0 spiro atoms. The van der Waals surface area contributed by atoms with Crippen LogP contribution in [0.25, 0.3) is 11.3 Å². The van der Waals surface area contributed by atoms with E-state index >= 15 is 0 Å². The van der Waals surface area contributed by atoms with Gasteiger partial charge in [0.15, 0.2) is 0 Å². The number of hydrogen-bond donors (Lipinski definition) is 0. The van der Waals surface area contributed by atoms with Crippen molar-refractivity contribution in [3.05, 3.63) is 47.7 Å². The molecule has 0 unspecified atom stereocenters. The van der Waals surface area contributed by atoms with Gasteiger partial charge in [-0.2, -0.15) is 10.2 Å². The van der Waals surface area contributed by atoms with Crippen LogP contribution in [-0.2, 0) is 5.41 Å². The molecule has 0 N–H and O–H groups in total. The Hall–Kier alpha value is -1.70. The third-order valence-electron chi connectivity index (χ3n) is 3.28. The van der Waals surface area contributed by atoms with Crippen LogP contribution in [0.3, 0.4) is 0 Å². The van der Waals surface area contributed by atoms with Crippen LogP contribution in [0.4, 0.5) is 0 Å². The molecule has 0 aliphatic heterocycles. The minimum absolute atomic E-state index is 0.0469. The van der Waals surface area contributed by atoms with E-state index in [0.717, 1.165) is 17.0 Å². The first-order valence-electron chi connectivity index (χ1n) is 6.82. The molecule has 2 rings (SSSR count). The largest absolute Gasteiger partial charge is 0.154 e. The molecule has 100 valence electrons. The van der Waals surface area contributed by atoms with Gasteiger partial charge in [-0.1, -0.05) is 52.8 Å². The van der Waals surface area contributed by atoms with Gasteiger partial charge >= 0.3 is 0 Å². The average molecular weight is 254 g/mol. The summed E-state index contributed by atoms with van der Waals surface area (Å²) >= 11 is 0. The Bertz CT molecular complexity index is 548. The van der Waals surface area contributed by atoms with E-state index < -0.39 is 0 Å². The van der Waals surface area contributed by atoms with Crippen molar-refractivity contribution in [3.8, 4) is 11.3 Å². The maximum absolute atomic E-state index is 4.37. The Labute approximate surface area is 115 Å². The molecule has 0 radical (unpaired) electrons. The van der Waals surface area contributed by atoms with Crippen molar-refractivity contribution < 1.29 is 0 Å². The van der Waals surface area contributed by atoms with E-state index in [-0.39, 0.29) is 5.41 Å². The molecule has 2 aromatic rings. The molecule has 0 bridgehead atoms. The fraction of sp³-hybridized carbons (Fsp3) is 0.412. The molecule has 0 saturated heterocycles. The molecule has 1 aromatic carbocycles. The van der Waals surface area contributed by atoms with E-state index in [1.165, 1.54) is 5.56 Å². The topological polar surface area (TPSA) is 25.8 Å². The smallest absolute Gasteiger partial charge is 0.0929 e. The molecule has 2 nitrogen and oxygen atoms in total. The van der Waals surface area contributed by atoms with Gasteiger partial charge in [-0.15, -0.1) is 0 Å². The highest BCUT2D eigenvalue weighted by molar-refractivity contribution is 5.59. The first kappa shape index (κ1) is 13.7. The fourth-order valence-electron chi connectivity index (χ4n) is 1.94. The molecule has 0 atom stereocenters. The minimum Gasteiger partial charge on any atom is -0.154 e. The second-order valence-electron chi connectivity index (χ2n) is 6.33. The molecule has 0 aliphatic carbocycles. The predicted molar refractivity (Wildman–Crippen MR) is 80.3 cm³/mol. The molecular formula is C17H22N2. The minimum atomic E-state index is 0.0469. The third-order valence-corrected chi connectivity index (χ3v) is 3.28. The van der Waals surface area contributed by atoms with Gasteiger partial charge in [0.25, 0.3) is 0 Å². The summed E-state index contributed by atoms with van der Waals surface area (Å²) in [6, 6.07) is 12.7. The van der Waals surface area contributed by atoms with E-state index in [1.54, 1.807) is 0 Å². The lowest BCUT2D eigenvalue weighted by molar-refractivity contribution is 0.559. The van der Waals surface area contributed by atoms with Crippen molar-refractivity contribution in [2.75, 3.05) is 0 Å². The lowest BCUT2D eigenvalue weighted by Gasteiger charge is -2.16. The summed E-state index contributed by atoms with van der Waals surface area (Å²) in [5, 5.41) is 8.72. The Kier molecular flexibility index (Phi) is 3.70. The van der Waals surface area contributed by atoms with Crippen LogP contribution in [-0.4, -0.2) is 10.2 Å². The molecule has 0 saturated carbocycles. The second kappa shape index (κ2) is 5.12. The zero-order chi connectivity index (χ0) is 14.0. The predicted octanol–water partition coefficient (Wildman–Crippen LogP) is 4.56. The van der Waals surface area contributed by atoms with Gasteiger partial charge in [0.05, 0.1) is 11.4 Å². The number of rotatable bonds is 2. The number of nitrogens with zero attached hydrogens (tertiary/aromatic N) is 2. The molecular weight excluding hydrogens is 232 g/mol. The highest BCUT2D eigenvalue weighted by atomic mass is 15.1. The van der Waals surface area contributed by atoms with Crippen LogP contribution in [0.5, 0.6) is 0 Å². The normalized spacial score (nSPS) is 11.9. The second-order valence-corrected chi connectivity index (χ2v) is 6.33. The van der Waals surface area contributed by atoms with Gasteiger partial charge in [-0.3, -0.25) is 0 Å².